The van der Waals surface area contributed by atoms with Crippen LogP contribution in [0.15, 0.2) is 66.7 Å². The summed E-state index contributed by atoms with van der Waals surface area (Å²) < 4.78 is 5.48. The Hall–Kier alpha value is -3.66. The topological polar surface area (TPSA) is 103 Å². The first-order valence-electron chi connectivity index (χ1n) is 10.9. The number of alkyl carbamates (subject to hydrolysis) is 1. The molecule has 3 aromatic carbocycles. The number of aliphatic hydroxyl groups is 2. The minimum absolute atomic E-state index is 0.0218. The van der Waals surface area contributed by atoms with Crippen molar-refractivity contribution in [3.8, 4) is 17.2 Å². The zero-order chi connectivity index (χ0) is 23.4. The lowest BCUT2D eigenvalue weighted by Crippen LogP contribution is -2.30. The minimum Gasteiger partial charge on any atom is -0.449 e. The number of hydrogen-bond donors (Lipinski definition) is 3. The fourth-order valence-corrected chi connectivity index (χ4v) is 4.30. The highest BCUT2D eigenvalue weighted by atomic mass is 16.5. The highest BCUT2D eigenvalue weighted by molar-refractivity contribution is 5.79. The van der Waals surface area contributed by atoms with Crippen LogP contribution in [0.2, 0.25) is 0 Å². The number of carbonyl (C=O) groups excluding carboxylic acids is 1. The lowest BCUT2D eigenvalue weighted by molar-refractivity contribution is 0.0136. The van der Waals surface area contributed by atoms with E-state index < -0.39 is 18.3 Å². The SMILES string of the molecule is Cc1ccc(C(O)C(O)CCNC(=O)OCC2c3ccccc3-c3ccccc32)cc1C#N. The number of nitriles is 1. The van der Waals surface area contributed by atoms with Crippen molar-refractivity contribution in [3.63, 3.8) is 0 Å². The predicted octanol–water partition coefficient (Wildman–Crippen LogP) is 4.19. The van der Waals surface area contributed by atoms with Crippen molar-refractivity contribution in [1.29, 1.82) is 5.26 Å². The smallest absolute Gasteiger partial charge is 0.407 e. The first kappa shape index (κ1) is 22.5. The van der Waals surface area contributed by atoms with E-state index in [0.29, 0.717) is 11.1 Å². The standard InChI is InChI=1S/C27H26N2O4/c1-17-10-11-18(14-19(17)15-28)26(31)25(30)12-13-29-27(32)33-16-24-22-8-4-2-6-20(22)21-7-3-5-9-23(21)24/h2-11,14,24-26,30-31H,12-13,16H2,1H3,(H,29,32). The van der Waals surface area contributed by atoms with Crippen molar-refractivity contribution >= 4 is 6.09 Å². The summed E-state index contributed by atoms with van der Waals surface area (Å²) in [5.41, 5.74) is 6.32. The number of ether oxygens (including phenoxy) is 1. The normalized spacial score (nSPS) is 14.0. The van der Waals surface area contributed by atoms with E-state index in [1.54, 1.807) is 18.2 Å². The van der Waals surface area contributed by atoms with E-state index in [1.807, 2.05) is 31.2 Å². The molecular weight excluding hydrogens is 416 g/mol. The van der Waals surface area contributed by atoms with Crippen molar-refractivity contribution in [3.05, 3.63) is 94.5 Å². The van der Waals surface area contributed by atoms with Crippen LogP contribution in [-0.4, -0.2) is 35.6 Å². The first-order chi connectivity index (χ1) is 16.0. The molecular formula is C27H26N2O4. The van der Waals surface area contributed by atoms with Crippen molar-refractivity contribution < 1.29 is 19.7 Å². The van der Waals surface area contributed by atoms with Gasteiger partial charge in [0, 0.05) is 12.5 Å². The number of nitrogens with one attached hydrogen (secondary N) is 1. The van der Waals surface area contributed by atoms with Crippen LogP contribution in [0, 0.1) is 18.3 Å². The van der Waals surface area contributed by atoms with Crippen LogP contribution in [0.25, 0.3) is 11.1 Å². The van der Waals surface area contributed by atoms with Crippen LogP contribution in [-0.2, 0) is 4.74 Å². The highest BCUT2D eigenvalue weighted by Crippen LogP contribution is 2.44. The zero-order valence-corrected chi connectivity index (χ0v) is 18.4. The van der Waals surface area contributed by atoms with E-state index in [4.69, 9.17) is 10.00 Å². The molecule has 0 radical (unpaired) electrons. The molecule has 4 rings (SSSR count). The monoisotopic (exact) mass is 442 g/mol. The second-order valence-corrected chi connectivity index (χ2v) is 8.24. The van der Waals surface area contributed by atoms with Crippen molar-refractivity contribution in [1.82, 2.24) is 5.32 Å². The number of aliphatic hydroxyl groups excluding tert-OH is 2. The quantitative estimate of drug-likeness (QED) is 0.509. The Balaban J connectivity index is 1.29. The van der Waals surface area contributed by atoms with Gasteiger partial charge in [-0.1, -0.05) is 60.7 Å². The summed E-state index contributed by atoms with van der Waals surface area (Å²) >= 11 is 0. The van der Waals surface area contributed by atoms with Gasteiger partial charge in [-0.05, 0) is 52.8 Å². The van der Waals surface area contributed by atoms with Gasteiger partial charge in [-0.15, -0.1) is 0 Å². The van der Waals surface area contributed by atoms with Gasteiger partial charge in [0.1, 0.15) is 12.7 Å². The molecule has 0 saturated heterocycles. The van der Waals surface area contributed by atoms with Crippen LogP contribution in [0.5, 0.6) is 0 Å². The fraction of sp³-hybridized carbons (Fsp3) is 0.259. The summed E-state index contributed by atoms with van der Waals surface area (Å²) in [6.45, 7) is 2.17. The molecule has 1 aliphatic carbocycles. The fourth-order valence-electron chi connectivity index (χ4n) is 4.30. The lowest BCUT2D eigenvalue weighted by Gasteiger charge is -2.19. The number of amides is 1. The zero-order valence-electron chi connectivity index (χ0n) is 18.4. The molecule has 33 heavy (non-hydrogen) atoms. The Kier molecular flexibility index (Phi) is 6.74. The van der Waals surface area contributed by atoms with E-state index in [1.165, 1.54) is 0 Å². The van der Waals surface area contributed by atoms with Crippen LogP contribution < -0.4 is 5.32 Å². The molecule has 3 N–H and O–H groups in total. The van der Waals surface area contributed by atoms with E-state index in [0.717, 1.165) is 27.8 Å². The van der Waals surface area contributed by atoms with E-state index in [2.05, 4.69) is 35.7 Å². The molecule has 0 fully saturated rings. The van der Waals surface area contributed by atoms with Crippen molar-refractivity contribution in [2.45, 2.75) is 31.5 Å². The second-order valence-electron chi connectivity index (χ2n) is 8.24. The average Bonchev–Trinajstić information content (AvgIpc) is 3.16. The maximum absolute atomic E-state index is 12.3. The van der Waals surface area contributed by atoms with Gasteiger partial charge in [-0.2, -0.15) is 5.26 Å². The third-order valence-corrected chi connectivity index (χ3v) is 6.14. The van der Waals surface area contributed by atoms with E-state index in [9.17, 15) is 15.0 Å². The summed E-state index contributed by atoms with van der Waals surface area (Å²) in [7, 11) is 0. The Labute approximate surface area is 193 Å². The Morgan fingerprint density at radius 3 is 2.33 bits per heavy atom. The molecule has 3 aromatic rings. The molecule has 0 aromatic heterocycles. The summed E-state index contributed by atoms with van der Waals surface area (Å²) in [6, 6.07) is 23.3. The van der Waals surface area contributed by atoms with Crippen LogP contribution in [0.3, 0.4) is 0 Å². The van der Waals surface area contributed by atoms with E-state index in [-0.39, 0.29) is 25.5 Å². The molecule has 1 amide bonds. The molecule has 0 saturated carbocycles. The Bertz CT molecular complexity index is 1160. The molecule has 1 aliphatic rings. The van der Waals surface area contributed by atoms with Gasteiger partial charge >= 0.3 is 6.09 Å². The second kappa shape index (κ2) is 9.86. The van der Waals surface area contributed by atoms with Gasteiger partial charge in [0.15, 0.2) is 0 Å². The van der Waals surface area contributed by atoms with Gasteiger partial charge in [-0.3, -0.25) is 0 Å². The van der Waals surface area contributed by atoms with Crippen LogP contribution >= 0.6 is 0 Å². The van der Waals surface area contributed by atoms with Gasteiger partial charge in [0.05, 0.1) is 17.7 Å². The molecule has 168 valence electrons. The third kappa shape index (κ3) is 4.75. The number of aryl methyl sites for hydroxylation is 1. The largest absolute Gasteiger partial charge is 0.449 e. The summed E-state index contributed by atoms with van der Waals surface area (Å²) in [5, 5.41) is 32.5. The molecule has 6 nitrogen and oxygen atoms in total. The minimum atomic E-state index is -1.15. The maximum Gasteiger partial charge on any atom is 0.407 e. The lowest BCUT2D eigenvalue weighted by atomic mass is 9.98. The van der Waals surface area contributed by atoms with Gasteiger partial charge < -0.3 is 20.3 Å². The molecule has 2 unspecified atom stereocenters. The maximum atomic E-state index is 12.3. The van der Waals surface area contributed by atoms with Gasteiger partial charge in [0.25, 0.3) is 0 Å². The van der Waals surface area contributed by atoms with Crippen molar-refractivity contribution in [2.75, 3.05) is 13.2 Å². The molecule has 0 spiro atoms. The Morgan fingerprint density at radius 1 is 1.06 bits per heavy atom. The molecule has 0 bridgehead atoms. The first-order valence-corrected chi connectivity index (χ1v) is 10.9. The molecule has 2 atom stereocenters. The van der Waals surface area contributed by atoms with Crippen LogP contribution in [0.1, 0.15) is 46.3 Å². The molecule has 0 heterocycles. The average molecular weight is 443 g/mol. The number of nitrogens with zero attached hydrogens (tertiary/aromatic N) is 1. The number of carbonyl (C=O) groups is 1. The molecule has 6 heteroatoms. The van der Waals surface area contributed by atoms with Gasteiger partial charge in [-0.25, -0.2) is 4.79 Å². The third-order valence-electron chi connectivity index (χ3n) is 6.14. The Morgan fingerprint density at radius 2 is 1.70 bits per heavy atom. The molecule has 0 aliphatic heterocycles. The predicted molar refractivity (Wildman–Crippen MR) is 125 cm³/mol. The highest BCUT2D eigenvalue weighted by Gasteiger charge is 2.29. The van der Waals surface area contributed by atoms with Crippen LogP contribution in [0.4, 0.5) is 4.79 Å². The number of benzene rings is 3. The summed E-state index contributed by atoms with van der Waals surface area (Å²) in [6.07, 6.45) is -2.67. The number of fused-ring (bicyclic) bond motifs is 3. The number of hydrogen-bond acceptors (Lipinski definition) is 5. The number of rotatable bonds is 7. The summed E-state index contributed by atoms with van der Waals surface area (Å²) in [4.78, 5) is 12.3. The summed E-state index contributed by atoms with van der Waals surface area (Å²) in [5.74, 6) is -0.0218. The van der Waals surface area contributed by atoms with E-state index >= 15 is 0 Å². The van der Waals surface area contributed by atoms with Crippen molar-refractivity contribution in [2.24, 2.45) is 0 Å². The van der Waals surface area contributed by atoms with Gasteiger partial charge in [0.2, 0.25) is 0 Å².